The van der Waals surface area contributed by atoms with Gasteiger partial charge in [-0.15, -0.1) is 0 Å². The van der Waals surface area contributed by atoms with Crippen molar-refractivity contribution >= 4 is 0 Å². The molecule has 0 aromatic carbocycles. The first-order valence-corrected chi connectivity index (χ1v) is 10.9. The van der Waals surface area contributed by atoms with Crippen LogP contribution < -0.4 is 5.32 Å². The second-order valence-electron chi connectivity index (χ2n) is 8.23. The van der Waals surface area contributed by atoms with Crippen molar-refractivity contribution in [1.82, 2.24) is 29.9 Å². The summed E-state index contributed by atoms with van der Waals surface area (Å²) in [6.07, 6.45) is 6.71. The summed E-state index contributed by atoms with van der Waals surface area (Å²) >= 11 is 0. The highest BCUT2D eigenvalue weighted by Crippen LogP contribution is 2.16. The first-order valence-electron chi connectivity index (χ1n) is 10.9. The molecule has 0 radical (unpaired) electrons. The van der Waals surface area contributed by atoms with Gasteiger partial charge in [-0.3, -0.25) is 19.5 Å². The van der Waals surface area contributed by atoms with E-state index in [9.17, 15) is 0 Å². The predicted octanol–water partition coefficient (Wildman–Crippen LogP) is 2.65. The van der Waals surface area contributed by atoms with Gasteiger partial charge in [-0.1, -0.05) is 13.0 Å². The van der Waals surface area contributed by atoms with Crippen molar-refractivity contribution in [1.29, 1.82) is 0 Å². The summed E-state index contributed by atoms with van der Waals surface area (Å²) in [6.45, 7) is 10.9. The largest absolute Gasteiger partial charge is 0.308 e. The zero-order chi connectivity index (χ0) is 19.2. The van der Waals surface area contributed by atoms with Crippen molar-refractivity contribution in [2.45, 2.75) is 64.8 Å². The van der Waals surface area contributed by atoms with Crippen LogP contribution in [0.25, 0.3) is 0 Å². The van der Waals surface area contributed by atoms with Crippen LogP contribution in [0.5, 0.6) is 0 Å². The third kappa shape index (κ3) is 5.19. The smallest absolute Gasteiger partial charge is 0.0765 e. The maximum absolute atomic E-state index is 4.87. The number of nitrogens with one attached hydrogen (secondary N) is 1. The van der Waals surface area contributed by atoms with Crippen LogP contribution in [0.2, 0.25) is 0 Å². The molecule has 4 heterocycles. The van der Waals surface area contributed by atoms with E-state index in [-0.39, 0.29) is 0 Å². The highest BCUT2D eigenvalue weighted by molar-refractivity contribution is 5.11. The fourth-order valence-corrected chi connectivity index (χ4v) is 4.45. The molecular formula is C22H34N6. The van der Waals surface area contributed by atoms with E-state index in [1.54, 1.807) is 0 Å². The van der Waals surface area contributed by atoms with Crippen LogP contribution in [0.1, 0.15) is 49.7 Å². The first-order chi connectivity index (χ1) is 13.8. The monoisotopic (exact) mass is 382 g/mol. The van der Waals surface area contributed by atoms with Gasteiger partial charge in [0.05, 0.1) is 17.1 Å². The second-order valence-corrected chi connectivity index (χ2v) is 8.23. The molecule has 2 aliphatic rings. The van der Waals surface area contributed by atoms with E-state index in [1.807, 2.05) is 12.3 Å². The molecule has 0 saturated carbocycles. The molecular weight excluding hydrogens is 348 g/mol. The average molecular weight is 383 g/mol. The molecule has 0 atom stereocenters. The minimum atomic E-state index is 0.595. The van der Waals surface area contributed by atoms with Crippen molar-refractivity contribution in [3.63, 3.8) is 0 Å². The summed E-state index contributed by atoms with van der Waals surface area (Å²) in [5.41, 5.74) is 3.75. The van der Waals surface area contributed by atoms with Gasteiger partial charge in [0.25, 0.3) is 0 Å². The average Bonchev–Trinajstić information content (AvgIpc) is 3.00. The van der Waals surface area contributed by atoms with Crippen molar-refractivity contribution in [3.8, 4) is 0 Å². The predicted molar refractivity (Wildman–Crippen MR) is 112 cm³/mol. The number of likely N-dealkylation sites (tertiary alicyclic amines) is 1. The van der Waals surface area contributed by atoms with Crippen molar-refractivity contribution in [3.05, 3.63) is 47.5 Å². The Morgan fingerprint density at radius 1 is 1.07 bits per heavy atom. The number of pyridine rings is 1. The minimum Gasteiger partial charge on any atom is -0.308 e. The maximum atomic E-state index is 4.87. The van der Waals surface area contributed by atoms with Gasteiger partial charge in [0.2, 0.25) is 0 Å². The molecule has 1 saturated heterocycles. The quantitative estimate of drug-likeness (QED) is 0.798. The molecule has 4 rings (SSSR count). The summed E-state index contributed by atoms with van der Waals surface area (Å²) < 4.78 is 2.24. The number of piperidine rings is 1. The Hall–Kier alpha value is -1.76. The number of aromatic nitrogens is 3. The Balaban J connectivity index is 1.23. The van der Waals surface area contributed by atoms with Gasteiger partial charge in [-0.2, -0.15) is 5.10 Å². The lowest BCUT2D eigenvalue weighted by Gasteiger charge is -2.32. The van der Waals surface area contributed by atoms with Gasteiger partial charge in [0, 0.05) is 58.1 Å². The van der Waals surface area contributed by atoms with E-state index >= 15 is 0 Å². The lowest BCUT2D eigenvalue weighted by Crippen LogP contribution is -2.42. The molecule has 0 aliphatic carbocycles. The molecule has 2 aliphatic heterocycles. The van der Waals surface area contributed by atoms with E-state index < -0.39 is 0 Å². The SMILES string of the molecule is CCCN1CCCn2nc(CNC3CCN(Cc4ccccn4)CC3)cc2C1. The zero-order valence-electron chi connectivity index (χ0n) is 17.2. The molecule has 0 unspecified atom stereocenters. The fraction of sp³-hybridized carbons (Fsp3) is 0.636. The lowest BCUT2D eigenvalue weighted by atomic mass is 10.0. The van der Waals surface area contributed by atoms with Crippen LogP contribution in [-0.4, -0.2) is 56.8 Å². The summed E-state index contributed by atoms with van der Waals surface area (Å²) in [7, 11) is 0. The highest BCUT2D eigenvalue weighted by atomic mass is 15.3. The normalized spacial score (nSPS) is 19.5. The van der Waals surface area contributed by atoms with E-state index in [1.165, 1.54) is 55.9 Å². The third-order valence-electron chi connectivity index (χ3n) is 5.95. The Labute approximate surface area is 168 Å². The Morgan fingerprint density at radius 2 is 1.96 bits per heavy atom. The maximum Gasteiger partial charge on any atom is 0.0765 e. The molecule has 6 heteroatoms. The van der Waals surface area contributed by atoms with Gasteiger partial charge in [-0.25, -0.2) is 0 Å². The minimum absolute atomic E-state index is 0.595. The number of aryl methyl sites for hydroxylation is 1. The number of rotatable bonds is 7. The van der Waals surface area contributed by atoms with Gasteiger partial charge in [0.1, 0.15) is 0 Å². The van der Waals surface area contributed by atoms with Crippen molar-refractivity contribution < 1.29 is 0 Å². The second kappa shape index (κ2) is 9.63. The molecule has 0 amide bonds. The molecule has 1 fully saturated rings. The highest BCUT2D eigenvalue weighted by Gasteiger charge is 2.20. The molecule has 2 aromatic heterocycles. The Kier molecular flexibility index (Phi) is 6.73. The van der Waals surface area contributed by atoms with E-state index in [0.29, 0.717) is 6.04 Å². The van der Waals surface area contributed by atoms with Gasteiger partial charge in [-0.05, 0) is 50.4 Å². The summed E-state index contributed by atoms with van der Waals surface area (Å²) in [6, 6.07) is 9.09. The van der Waals surface area contributed by atoms with Crippen LogP contribution in [0, 0.1) is 0 Å². The van der Waals surface area contributed by atoms with Crippen LogP contribution in [0.4, 0.5) is 0 Å². The zero-order valence-corrected chi connectivity index (χ0v) is 17.2. The standard InChI is InChI=1S/C22H34N6/c1-2-10-26-11-5-12-28-22(18-26)15-21(25-28)16-24-19-7-13-27(14-8-19)17-20-6-3-4-9-23-20/h3-4,6,9,15,19,24H,2,5,7-8,10-14,16-18H2,1H3. The topological polar surface area (TPSA) is 49.2 Å². The molecule has 1 N–H and O–H groups in total. The Bertz CT molecular complexity index is 720. The lowest BCUT2D eigenvalue weighted by molar-refractivity contribution is 0.188. The number of fused-ring (bicyclic) bond motifs is 1. The van der Waals surface area contributed by atoms with Crippen LogP contribution >= 0.6 is 0 Å². The molecule has 152 valence electrons. The number of nitrogens with zero attached hydrogens (tertiary/aromatic N) is 5. The van der Waals surface area contributed by atoms with Crippen molar-refractivity contribution in [2.75, 3.05) is 26.2 Å². The Morgan fingerprint density at radius 3 is 2.75 bits per heavy atom. The van der Waals surface area contributed by atoms with Gasteiger partial charge < -0.3 is 5.32 Å². The fourth-order valence-electron chi connectivity index (χ4n) is 4.45. The van der Waals surface area contributed by atoms with Crippen LogP contribution in [0.15, 0.2) is 30.5 Å². The van der Waals surface area contributed by atoms with E-state index in [2.05, 4.69) is 49.9 Å². The van der Waals surface area contributed by atoms with E-state index in [0.717, 1.165) is 39.3 Å². The summed E-state index contributed by atoms with van der Waals surface area (Å²) in [5, 5.41) is 8.62. The molecule has 2 aromatic rings. The summed E-state index contributed by atoms with van der Waals surface area (Å²) in [5.74, 6) is 0. The van der Waals surface area contributed by atoms with Crippen LogP contribution in [-0.2, 0) is 26.2 Å². The van der Waals surface area contributed by atoms with Crippen LogP contribution in [0.3, 0.4) is 0 Å². The van der Waals surface area contributed by atoms with Gasteiger partial charge >= 0.3 is 0 Å². The molecule has 0 bridgehead atoms. The summed E-state index contributed by atoms with van der Waals surface area (Å²) in [4.78, 5) is 9.53. The molecule has 6 nitrogen and oxygen atoms in total. The van der Waals surface area contributed by atoms with E-state index in [4.69, 9.17) is 5.10 Å². The first kappa shape index (κ1) is 19.6. The number of hydrogen-bond donors (Lipinski definition) is 1. The van der Waals surface area contributed by atoms with Crippen molar-refractivity contribution in [2.24, 2.45) is 0 Å². The number of hydrogen-bond acceptors (Lipinski definition) is 5. The third-order valence-corrected chi connectivity index (χ3v) is 5.95. The molecule has 0 spiro atoms. The van der Waals surface area contributed by atoms with Gasteiger partial charge in [0.15, 0.2) is 0 Å². The molecule has 28 heavy (non-hydrogen) atoms.